The van der Waals surface area contributed by atoms with E-state index in [1.165, 1.54) is 32.1 Å². The molecule has 2 fully saturated rings. The molecule has 1 heterocycles. The molecule has 2 aliphatic rings. The number of guanidine groups is 1. The largest absolute Gasteiger partial charge is 0.444 e. The lowest BCUT2D eigenvalue weighted by Gasteiger charge is -2.27. The predicted molar refractivity (Wildman–Crippen MR) is 130 cm³/mol. The van der Waals surface area contributed by atoms with Crippen LogP contribution >= 0.6 is 24.0 Å². The van der Waals surface area contributed by atoms with Crippen molar-refractivity contribution in [3.63, 3.8) is 0 Å². The van der Waals surface area contributed by atoms with E-state index in [1.54, 1.807) is 19.0 Å². The molecule has 1 saturated heterocycles. The summed E-state index contributed by atoms with van der Waals surface area (Å²) in [7, 11) is 3.48. The lowest BCUT2D eigenvalue weighted by atomic mass is 9.89. The highest BCUT2D eigenvalue weighted by Crippen LogP contribution is 2.23. The van der Waals surface area contributed by atoms with Crippen molar-refractivity contribution in [2.24, 2.45) is 10.9 Å². The maximum Gasteiger partial charge on any atom is 0.407 e. The molecule has 1 atom stereocenters. The zero-order valence-corrected chi connectivity index (χ0v) is 21.5. The minimum absolute atomic E-state index is 0. The molecule has 174 valence electrons. The van der Waals surface area contributed by atoms with E-state index in [2.05, 4.69) is 20.5 Å². The molecule has 0 spiro atoms. The summed E-state index contributed by atoms with van der Waals surface area (Å²) in [6, 6.07) is 0.0103. The second kappa shape index (κ2) is 12.6. The summed E-state index contributed by atoms with van der Waals surface area (Å²) in [5.41, 5.74) is -0.511. The predicted octanol–water partition coefficient (Wildman–Crippen LogP) is 2.82. The van der Waals surface area contributed by atoms with Gasteiger partial charge in [0.15, 0.2) is 5.96 Å². The van der Waals surface area contributed by atoms with E-state index in [-0.39, 0.29) is 48.6 Å². The first kappa shape index (κ1) is 26.8. The maximum atomic E-state index is 12.1. The molecule has 0 radical (unpaired) electrons. The molecule has 2 rings (SSSR count). The number of hydrogen-bond donors (Lipinski definition) is 2. The molecule has 1 aliphatic heterocycles. The number of rotatable bonds is 5. The molecule has 0 aromatic heterocycles. The highest BCUT2D eigenvalue weighted by molar-refractivity contribution is 14.0. The van der Waals surface area contributed by atoms with Crippen LogP contribution < -0.4 is 10.6 Å². The van der Waals surface area contributed by atoms with Crippen LogP contribution in [0.25, 0.3) is 0 Å². The summed E-state index contributed by atoms with van der Waals surface area (Å²) in [6.07, 6.45) is 6.86. The Bertz CT molecular complexity index is 586. The van der Waals surface area contributed by atoms with Gasteiger partial charge in [0.05, 0.1) is 6.04 Å². The number of halogens is 1. The number of amides is 2. The molecule has 2 N–H and O–H groups in total. The molecule has 2 amide bonds. The topological polar surface area (TPSA) is 86.3 Å². The summed E-state index contributed by atoms with van der Waals surface area (Å²) in [5, 5.41) is 6.45. The first-order valence-electron chi connectivity index (χ1n) is 10.9. The molecule has 8 nitrogen and oxygen atoms in total. The van der Waals surface area contributed by atoms with Crippen LogP contribution in [0.5, 0.6) is 0 Å². The Kier molecular flexibility index (Phi) is 11.2. The molecular weight excluding hydrogens is 497 g/mol. The first-order valence-corrected chi connectivity index (χ1v) is 10.9. The molecular formula is C21H40IN5O3. The fraction of sp³-hybridized carbons (Fsp3) is 0.857. The smallest absolute Gasteiger partial charge is 0.407 e. The van der Waals surface area contributed by atoms with E-state index in [0.717, 1.165) is 25.5 Å². The highest BCUT2D eigenvalue weighted by atomic mass is 127. The van der Waals surface area contributed by atoms with E-state index in [0.29, 0.717) is 12.5 Å². The Morgan fingerprint density at radius 3 is 2.40 bits per heavy atom. The van der Waals surface area contributed by atoms with Crippen LogP contribution in [0.15, 0.2) is 4.99 Å². The number of carbonyl (C=O) groups excluding carboxylic acids is 2. The van der Waals surface area contributed by atoms with Crippen molar-refractivity contribution in [3.8, 4) is 0 Å². The van der Waals surface area contributed by atoms with Crippen molar-refractivity contribution in [2.45, 2.75) is 70.9 Å². The van der Waals surface area contributed by atoms with E-state index in [4.69, 9.17) is 4.74 Å². The van der Waals surface area contributed by atoms with Gasteiger partial charge in [-0.15, -0.1) is 24.0 Å². The average Bonchev–Trinajstić information content (AvgIpc) is 3.08. The van der Waals surface area contributed by atoms with Crippen molar-refractivity contribution in [2.75, 3.05) is 40.3 Å². The molecule has 0 aromatic carbocycles. The van der Waals surface area contributed by atoms with E-state index < -0.39 is 5.60 Å². The van der Waals surface area contributed by atoms with Crippen LogP contribution in [0, 0.1) is 5.92 Å². The van der Waals surface area contributed by atoms with Crippen LogP contribution in [0.3, 0.4) is 0 Å². The van der Waals surface area contributed by atoms with Gasteiger partial charge in [0.1, 0.15) is 12.1 Å². The number of aliphatic imine (C=N–C) groups is 1. The number of likely N-dealkylation sites (tertiary alicyclic amines) is 1. The number of nitrogens with zero attached hydrogens (tertiary/aromatic N) is 3. The maximum absolute atomic E-state index is 12.1. The zero-order valence-electron chi connectivity index (χ0n) is 19.2. The van der Waals surface area contributed by atoms with Crippen molar-refractivity contribution in [1.82, 2.24) is 20.4 Å². The Morgan fingerprint density at radius 2 is 1.80 bits per heavy atom. The number of alkyl carbamates (subject to hydrolysis) is 1. The second-order valence-corrected chi connectivity index (χ2v) is 9.39. The highest BCUT2D eigenvalue weighted by Gasteiger charge is 2.28. The van der Waals surface area contributed by atoms with Crippen LogP contribution in [-0.4, -0.2) is 79.7 Å². The minimum atomic E-state index is -0.511. The summed E-state index contributed by atoms with van der Waals surface area (Å²) in [5.74, 6) is 1.40. The first-order chi connectivity index (χ1) is 13.6. The van der Waals surface area contributed by atoms with Crippen LogP contribution in [0.1, 0.15) is 59.3 Å². The standard InChI is InChI=1S/C21H39N5O3.HI/c1-21(2,3)29-20(28)24-17-11-12-26(15-17)19(23-14-18(27)25(4)5)22-13-16-9-7-6-8-10-16;/h16-17H,6-15H2,1-5H3,(H,22,23)(H,24,28);1H. The van der Waals surface area contributed by atoms with Crippen molar-refractivity contribution in [1.29, 1.82) is 0 Å². The molecule has 1 unspecified atom stereocenters. The fourth-order valence-electron chi connectivity index (χ4n) is 3.72. The molecule has 0 bridgehead atoms. The summed E-state index contributed by atoms with van der Waals surface area (Å²) in [6.45, 7) is 8.02. The monoisotopic (exact) mass is 537 g/mol. The Hall–Kier alpha value is -1.26. The Balaban J connectivity index is 0.00000450. The number of nitrogens with one attached hydrogen (secondary N) is 2. The van der Waals surface area contributed by atoms with E-state index in [9.17, 15) is 9.59 Å². The third kappa shape index (κ3) is 9.70. The lowest BCUT2D eigenvalue weighted by molar-refractivity contribution is -0.127. The van der Waals surface area contributed by atoms with Crippen molar-refractivity contribution in [3.05, 3.63) is 0 Å². The van der Waals surface area contributed by atoms with Gasteiger partial charge in [0, 0.05) is 33.7 Å². The van der Waals surface area contributed by atoms with Gasteiger partial charge in [-0.1, -0.05) is 19.3 Å². The van der Waals surface area contributed by atoms with E-state index >= 15 is 0 Å². The lowest BCUT2D eigenvalue weighted by Crippen LogP contribution is -2.45. The van der Waals surface area contributed by atoms with Gasteiger partial charge in [0.2, 0.25) is 5.91 Å². The summed E-state index contributed by atoms with van der Waals surface area (Å²) < 4.78 is 5.36. The molecule has 1 aliphatic carbocycles. The van der Waals surface area contributed by atoms with Gasteiger partial charge in [-0.25, -0.2) is 9.79 Å². The van der Waals surface area contributed by atoms with Gasteiger partial charge in [-0.3, -0.25) is 4.79 Å². The number of ether oxygens (including phenoxy) is 1. The zero-order chi connectivity index (χ0) is 21.4. The summed E-state index contributed by atoms with van der Waals surface area (Å²) >= 11 is 0. The number of hydrogen-bond acceptors (Lipinski definition) is 4. The number of likely N-dealkylation sites (N-methyl/N-ethyl adjacent to an activating group) is 1. The number of carbonyl (C=O) groups is 2. The van der Waals surface area contributed by atoms with Gasteiger partial charge in [0.25, 0.3) is 0 Å². The molecule has 0 aromatic rings. The minimum Gasteiger partial charge on any atom is -0.444 e. The normalized spacial score (nSPS) is 20.4. The van der Waals surface area contributed by atoms with Gasteiger partial charge in [-0.2, -0.15) is 0 Å². The van der Waals surface area contributed by atoms with Crippen LogP contribution in [-0.2, 0) is 9.53 Å². The van der Waals surface area contributed by atoms with Gasteiger partial charge >= 0.3 is 6.09 Å². The third-order valence-corrected chi connectivity index (χ3v) is 5.35. The van der Waals surface area contributed by atoms with Gasteiger partial charge in [-0.05, 0) is 46.0 Å². The molecule has 9 heteroatoms. The van der Waals surface area contributed by atoms with Crippen LogP contribution in [0.4, 0.5) is 4.79 Å². The second-order valence-electron chi connectivity index (χ2n) is 9.39. The molecule has 30 heavy (non-hydrogen) atoms. The van der Waals surface area contributed by atoms with E-state index in [1.807, 2.05) is 20.8 Å². The fourth-order valence-corrected chi connectivity index (χ4v) is 3.72. The quantitative estimate of drug-likeness (QED) is 0.320. The Morgan fingerprint density at radius 1 is 1.13 bits per heavy atom. The van der Waals surface area contributed by atoms with Crippen molar-refractivity contribution >= 4 is 41.9 Å². The van der Waals surface area contributed by atoms with Crippen molar-refractivity contribution < 1.29 is 14.3 Å². The molecule has 1 saturated carbocycles. The summed E-state index contributed by atoms with van der Waals surface area (Å²) in [4.78, 5) is 32.3. The Labute approximate surface area is 198 Å². The SMILES string of the molecule is CN(C)C(=O)CN=C(NCC1CCCCC1)N1CCC(NC(=O)OC(C)(C)C)C1.I. The van der Waals surface area contributed by atoms with Gasteiger partial charge < -0.3 is 25.2 Å². The average molecular weight is 537 g/mol. The van der Waals surface area contributed by atoms with Crippen LogP contribution in [0.2, 0.25) is 0 Å². The third-order valence-electron chi connectivity index (χ3n) is 5.35.